The minimum Gasteiger partial charge on any atom is -0.393 e. The van der Waals surface area contributed by atoms with Gasteiger partial charge in [-0.3, -0.25) is 10.1 Å². The number of anilines is 1. The average molecular weight is 299 g/mol. The average Bonchev–Trinajstić information content (AvgIpc) is 2.68. The topological polar surface area (TPSA) is 107 Å². The van der Waals surface area contributed by atoms with Crippen LogP contribution in [0.4, 0.5) is 11.4 Å². The molecule has 20 heavy (non-hydrogen) atoms. The van der Waals surface area contributed by atoms with Crippen molar-refractivity contribution >= 4 is 21.4 Å². The van der Waals surface area contributed by atoms with E-state index >= 15 is 0 Å². The SMILES string of the molecule is CC1CC(C)N(S(=O)(=O)c2cccc(N)c2[N+](=O)[O-])C1. The number of para-hydroxylation sites is 1. The fraction of sp³-hybridized carbons (Fsp3) is 0.500. The Hall–Kier alpha value is -1.67. The van der Waals surface area contributed by atoms with Crippen molar-refractivity contribution in [1.82, 2.24) is 4.31 Å². The van der Waals surface area contributed by atoms with Gasteiger partial charge < -0.3 is 5.73 Å². The highest BCUT2D eigenvalue weighted by Gasteiger charge is 2.39. The van der Waals surface area contributed by atoms with Crippen molar-refractivity contribution in [2.45, 2.75) is 31.2 Å². The van der Waals surface area contributed by atoms with Crippen molar-refractivity contribution in [2.75, 3.05) is 12.3 Å². The molecule has 0 aliphatic carbocycles. The van der Waals surface area contributed by atoms with Crippen molar-refractivity contribution < 1.29 is 13.3 Å². The van der Waals surface area contributed by atoms with E-state index in [1.165, 1.54) is 22.5 Å². The molecule has 1 saturated heterocycles. The third-order valence-corrected chi connectivity index (χ3v) is 5.54. The van der Waals surface area contributed by atoms with Crippen molar-refractivity contribution in [2.24, 2.45) is 5.92 Å². The zero-order valence-electron chi connectivity index (χ0n) is 11.3. The Kier molecular flexibility index (Phi) is 3.70. The third-order valence-electron chi connectivity index (χ3n) is 3.53. The molecule has 0 radical (unpaired) electrons. The van der Waals surface area contributed by atoms with Crippen LogP contribution in [0.3, 0.4) is 0 Å². The summed E-state index contributed by atoms with van der Waals surface area (Å²) in [5.41, 5.74) is 4.87. The van der Waals surface area contributed by atoms with Crippen LogP contribution in [0.15, 0.2) is 23.1 Å². The van der Waals surface area contributed by atoms with Crippen molar-refractivity contribution in [3.8, 4) is 0 Å². The van der Waals surface area contributed by atoms with Crippen LogP contribution < -0.4 is 5.73 Å². The smallest absolute Gasteiger partial charge is 0.312 e. The molecule has 1 heterocycles. The number of benzene rings is 1. The van der Waals surface area contributed by atoms with Crippen LogP contribution in [-0.2, 0) is 10.0 Å². The van der Waals surface area contributed by atoms with E-state index in [1.807, 2.05) is 6.92 Å². The minimum atomic E-state index is -3.91. The van der Waals surface area contributed by atoms with Crippen LogP contribution in [0.5, 0.6) is 0 Å². The van der Waals surface area contributed by atoms with Gasteiger partial charge in [0.1, 0.15) is 5.69 Å². The number of sulfonamides is 1. The molecule has 1 aromatic rings. The molecule has 1 fully saturated rings. The molecule has 0 bridgehead atoms. The lowest BCUT2D eigenvalue weighted by atomic mass is 10.1. The second-order valence-electron chi connectivity index (χ2n) is 5.22. The van der Waals surface area contributed by atoms with E-state index in [0.29, 0.717) is 6.54 Å². The van der Waals surface area contributed by atoms with E-state index < -0.39 is 20.6 Å². The van der Waals surface area contributed by atoms with Gasteiger partial charge in [-0.25, -0.2) is 8.42 Å². The van der Waals surface area contributed by atoms with Crippen molar-refractivity contribution in [3.05, 3.63) is 28.3 Å². The summed E-state index contributed by atoms with van der Waals surface area (Å²) in [4.78, 5) is 10.0. The molecule has 0 amide bonds. The first-order valence-electron chi connectivity index (χ1n) is 6.30. The largest absolute Gasteiger partial charge is 0.393 e. The Morgan fingerprint density at radius 3 is 2.55 bits per heavy atom. The molecular weight excluding hydrogens is 282 g/mol. The number of hydrogen-bond acceptors (Lipinski definition) is 5. The van der Waals surface area contributed by atoms with Crippen LogP contribution >= 0.6 is 0 Å². The summed E-state index contributed by atoms with van der Waals surface area (Å²) >= 11 is 0. The molecule has 0 aromatic heterocycles. The molecule has 8 heteroatoms. The number of rotatable bonds is 3. The highest BCUT2D eigenvalue weighted by molar-refractivity contribution is 7.89. The van der Waals surface area contributed by atoms with E-state index in [-0.39, 0.29) is 22.5 Å². The Morgan fingerprint density at radius 2 is 2.05 bits per heavy atom. The first-order valence-corrected chi connectivity index (χ1v) is 7.74. The number of nitrogens with two attached hydrogens (primary N) is 1. The molecule has 2 unspecified atom stereocenters. The molecule has 2 atom stereocenters. The van der Waals surface area contributed by atoms with Gasteiger partial charge in [-0.1, -0.05) is 13.0 Å². The van der Waals surface area contributed by atoms with Crippen molar-refractivity contribution in [3.63, 3.8) is 0 Å². The van der Waals surface area contributed by atoms with E-state index in [2.05, 4.69) is 0 Å². The zero-order valence-corrected chi connectivity index (χ0v) is 12.1. The number of hydrogen-bond donors (Lipinski definition) is 1. The quantitative estimate of drug-likeness (QED) is 0.518. The lowest BCUT2D eigenvalue weighted by Crippen LogP contribution is -2.34. The first kappa shape index (κ1) is 14.7. The third kappa shape index (κ3) is 2.36. The van der Waals surface area contributed by atoms with E-state index in [4.69, 9.17) is 5.73 Å². The van der Waals surface area contributed by atoms with Gasteiger partial charge in [-0.2, -0.15) is 4.31 Å². The van der Waals surface area contributed by atoms with Gasteiger partial charge in [0.2, 0.25) is 10.0 Å². The van der Waals surface area contributed by atoms with Gasteiger partial charge >= 0.3 is 5.69 Å². The molecule has 0 spiro atoms. The molecule has 7 nitrogen and oxygen atoms in total. The standard InChI is InChI=1S/C12H17N3O4S/c1-8-6-9(2)14(7-8)20(18,19)11-5-3-4-10(13)12(11)15(16)17/h3-5,8-9H,6-7,13H2,1-2H3. The molecule has 2 rings (SSSR count). The fourth-order valence-electron chi connectivity index (χ4n) is 2.67. The monoisotopic (exact) mass is 299 g/mol. The molecular formula is C12H17N3O4S. The molecule has 110 valence electrons. The Balaban J connectivity index is 2.56. The Labute approximate surface area is 117 Å². The molecule has 1 aromatic carbocycles. The van der Waals surface area contributed by atoms with E-state index in [1.54, 1.807) is 6.92 Å². The minimum absolute atomic E-state index is 0.143. The van der Waals surface area contributed by atoms with Gasteiger partial charge in [0.25, 0.3) is 0 Å². The number of nitrogens with zero attached hydrogens (tertiary/aromatic N) is 2. The predicted molar refractivity (Wildman–Crippen MR) is 74.6 cm³/mol. The maximum absolute atomic E-state index is 12.6. The second-order valence-corrected chi connectivity index (χ2v) is 7.07. The van der Waals surface area contributed by atoms with Crippen LogP contribution in [0.1, 0.15) is 20.3 Å². The van der Waals surface area contributed by atoms with Crippen LogP contribution in [-0.4, -0.2) is 30.2 Å². The summed E-state index contributed by atoms with van der Waals surface area (Å²) in [7, 11) is -3.91. The Morgan fingerprint density at radius 1 is 1.40 bits per heavy atom. The summed E-state index contributed by atoms with van der Waals surface area (Å²) in [6.45, 7) is 4.13. The highest BCUT2D eigenvalue weighted by Crippen LogP contribution is 2.35. The van der Waals surface area contributed by atoms with Gasteiger partial charge in [-0.05, 0) is 31.4 Å². The summed E-state index contributed by atoms with van der Waals surface area (Å²) < 4.78 is 26.6. The molecule has 2 N–H and O–H groups in total. The van der Waals surface area contributed by atoms with E-state index in [0.717, 1.165) is 6.42 Å². The predicted octanol–water partition coefficient (Wildman–Crippen LogP) is 1.60. The Bertz CT molecular complexity index is 644. The maximum atomic E-state index is 12.6. The van der Waals surface area contributed by atoms with Gasteiger partial charge in [0.15, 0.2) is 4.90 Å². The van der Waals surface area contributed by atoms with Gasteiger partial charge in [0, 0.05) is 12.6 Å². The lowest BCUT2D eigenvalue weighted by molar-refractivity contribution is -0.386. The summed E-state index contributed by atoms with van der Waals surface area (Å²) in [6, 6.07) is 3.81. The molecule has 0 saturated carbocycles. The molecule has 1 aliphatic rings. The van der Waals surface area contributed by atoms with Gasteiger partial charge in [0.05, 0.1) is 4.92 Å². The highest BCUT2D eigenvalue weighted by atomic mass is 32.2. The van der Waals surface area contributed by atoms with E-state index in [9.17, 15) is 18.5 Å². The summed E-state index contributed by atoms with van der Waals surface area (Å²) in [5.74, 6) is 0.236. The lowest BCUT2D eigenvalue weighted by Gasteiger charge is -2.21. The zero-order chi connectivity index (χ0) is 15.1. The van der Waals surface area contributed by atoms with Crippen LogP contribution in [0.2, 0.25) is 0 Å². The van der Waals surface area contributed by atoms with Gasteiger partial charge in [-0.15, -0.1) is 0 Å². The fourth-order valence-corrected chi connectivity index (χ4v) is 4.62. The number of nitrogen functional groups attached to an aromatic ring is 1. The normalized spacial score (nSPS) is 23.9. The van der Waals surface area contributed by atoms with Crippen LogP contribution in [0.25, 0.3) is 0 Å². The first-order chi connectivity index (χ1) is 9.25. The number of nitro benzene ring substituents is 1. The van der Waals surface area contributed by atoms with Crippen LogP contribution in [0, 0.1) is 16.0 Å². The van der Waals surface area contributed by atoms with Crippen molar-refractivity contribution in [1.29, 1.82) is 0 Å². The second kappa shape index (κ2) is 5.02. The number of nitro groups is 1. The summed E-state index contributed by atoms with van der Waals surface area (Å²) in [6.07, 6.45) is 0.745. The maximum Gasteiger partial charge on any atom is 0.312 e. The summed E-state index contributed by atoms with van der Waals surface area (Å²) in [5, 5.41) is 11.1. The molecule has 1 aliphatic heterocycles.